The third-order valence-electron chi connectivity index (χ3n) is 6.53. The lowest BCUT2D eigenvalue weighted by atomic mass is 9.89. The Morgan fingerprint density at radius 1 is 1.19 bits per heavy atom. The first kappa shape index (κ1) is 23.4. The zero-order valence-corrected chi connectivity index (χ0v) is 18.9. The summed E-state index contributed by atoms with van der Waals surface area (Å²) >= 11 is 0. The van der Waals surface area contributed by atoms with Crippen LogP contribution in [-0.2, 0) is 11.2 Å². The number of amides is 1. The van der Waals surface area contributed by atoms with E-state index in [-0.39, 0.29) is 11.7 Å². The first-order chi connectivity index (χ1) is 15.2. The van der Waals surface area contributed by atoms with Gasteiger partial charge in [0.05, 0.1) is 0 Å². The summed E-state index contributed by atoms with van der Waals surface area (Å²) in [5.41, 5.74) is 2.40. The Bertz CT molecular complexity index is 795. The van der Waals surface area contributed by atoms with E-state index >= 15 is 0 Å². The Morgan fingerprint density at radius 2 is 2.10 bits per heavy atom. The van der Waals surface area contributed by atoms with Crippen LogP contribution in [0.3, 0.4) is 0 Å². The Balaban J connectivity index is 1.25. The van der Waals surface area contributed by atoms with Gasteiger partial charge in [-0.15, -0.1) is 0 Å². The molecule has 0 saturated heterocycles. The van der Waals surface area contributed by atoms with Gasteiger partial charge in [0.1, 0.15) is 5.82 Å². The van der Waals surface area contributed by atoms with E-state index in [1.807, 2.05) is 18.3 Å². The first-order valence-electron chi connectivity index (χ1n) is 12.1. The number of halogens is 1. The van der Waals surface area contributed by atoms with Crippen LogP contribution in [0.1, 0.15) is 81.8 Å². The van der Waals surface area contributed by atoms with E-state index in [1.54, 1.807) is 12.3 Å². The molecule has 1 aromatic carbocycles. The number of carbonyl (C=O) groups excluding carboxylic acids is 1. The highest BCUT2D eigenvalue weighted by atomic mass is 19.1. The molecule has 168 valence electrons. The van der Waals surface area contributed by atoms with Gasteiger partial charge in [-0.05, 0) is 98.4 Å². The molecule has 2 aromatic rings. The molecule has 3 atom stereocenters. The van der Waals surface area contributed by atoms with Gasteiger partial charge in [0, 0.05) is 25.4 Å². The van der Waals surface area contributed by atoms with Gasteiger partial charge in [-0.2, -0.15) is 0 Å². The summed E-state index contributed by atoms with van der Waals surface area (Å²) in [5.74, 6) is 2.01. The third-order valence-corrected chi connectivity index (χ3v) is 6.53. The van der Waals surface area contributed by atoms with Gasteiger partial charge in [0.25, 0.3) is 0 Å². The Hall–Kier alpha value is -2.23. The average molecular weight is 425 g/mol. The summed E-state index contributed by atoms with van der Waals surface area (Å²) in [5, 5.41) is 3.06. The largest absolute Gasteiger partial charge is 0.356 e. The van der Waals surface area contributed by atoms with Crippen molar-refractivity contribution in [2.45, 2.75) is 77.0 Å². The normalized spacial score (nSPS) is 18.5. The molecular weight excluding hydrogens is 387 g/mol. The van der Waals surface area contributed by atoms with Crippen LogP contribution in [-0.4, -0.2) is 17.4 Å². The molecular formula is C27H37FN2O. The van der Waals surface area contributed by atoms with E-state index in [9.17, 15) is 9.18 Å². The minimum Gasteiger partial charge on any atom is -0.356 e. The molecule has 1 aromatic heterocycles. The molecule has 0 bridgehead atoms. The quantitative estimate of drug-likeness (QED) is 0.355. The molecule has 4 heteroatoms. The number of aromatic nitrogens is 1. The molecule has 0 spiro atoms. The molecule has 1 aliphatic carbocycles. The van der Waals surface area contributed by atoms with Crippen LogP contribution < -0.4 is 5.32 Å². The zero-order valence-electron chi connectivity index (χ0n) is 18.9. The lowest BCUT2D eigenvalue weighted by Gasteiger charge is -2.17. The highest BCUT2D eigenvalue weighted by Gasteiger charge is 2.37. The molecule has 0 radical (unpaired) electrons. The SMILES string of the molecule is CCCC(CC1C[C@@H]1CCCC(=O)NCCCCc1cccnc1)c1cccc(F)c1. The monoisotopic (exact) mass is 424 g/mol. The maximum atomic E-state index is 13.6. The van der Waals surface area contributed by atoms with Crippen molar-refractivity contribution in [2.75, 3.05) is 6.54 Å². The summed E-state index contributed by atoms with van der Waals surface area (Å²) < 4.78 is 13.6. The number of benzene rings is 1. The minimum atomic E-state index is -0.131. The van der Waals surface area contributed by atoms with E-state index in [0.717, 1.165) is 75.3 Å². The van der Waals surface area contributed by atoms with Crippen LogP contribution in [0, 0.1) is 17.7 Å². The van der Waals surface area contributed by atoms with Crippen molar-refractivity contribution in [3.05, 3.63) is 65.7 Å². The summed E-state index contributed by atoms with van der Waals surface area (Å²) in [4.78, 5) is 16.2. The van der Waals surface area contributed by atoms with Gasteiger partial charge < -0.3 is 5.32 Å². The van der Waals surface area contributed by atoms with Gasteiger partial charge in [-0.3, -0.25) is 9.78 Å². The molecule has 1 saturated carbocycles. The lowest BCUT2D eigenvalue weighted by Crippen LogP contribution is -2.24. The Morgan fingerprint density at radius 3 is 2.87 bits per heavy atom. The second-order valence-electron chi connectivity index (χ2n) is 9.09. The molecule has 1 heterocycles. The first-order valence-corrected chi connectivity index (χ1v) is 12.1. The van der Waals surface area contributed by atoms with E-state index in [1.165, 1.54) is 18.1 Å². The number of carbonyl (C=O) groups is 1. The topological polar surface area (TPSA) is 42.0 Å². The molecule has 1 amide bonds. The highest BCUT2D eigenvalue weighted by molar-refractivity contribution is 5.75. The lowest BCUT2D eigenvalue weighted by molar-refractivity contribution is -0.121. The number of rotatable bonds is 14. The fraction of sp³-hybridized carbons (Fsp3) is 0.556. The average Bonchev–Trinajstić information content (AvgIpc) is 3.51. The number of nitrogens with one attached hydrogen (secondary N) is 1. The van der Waals surface area contributed by atoms with Crippen molar-refractivity contribution in [3.8, 4) is 0 Å². The summed E-state index contributed by atoms with van der Waals surface area (Å²) in [6, 6.07) is 11.2. The minimum absolute atomic E-state index is 0.131. The molecule has 3 nitrogen and oxygen atoms in total. The highest BCUT2D eigenvalue weighted by Crippen LogP contribution is 2.48. The fourth-order valence-electron chi connectivity index (χ4n) is 4.69. The standard InChI is InChI=1S/C27H37FN2O/c1-2-8-22(24-11-5-13-26(28)19-24)17-25-18-23(25)12-6-14-27(31)30-16-4-3-9-21-10-7-15-29-20-21/h5,7,10-11,13,15,19-20,22-23,25H,2-4,6,8-9,12,14,16-18H2,1H3,(H,30,31)/t22?,23-,25?/m0/s1. The Labute approximate surface area is 186 Å². The number of pyridine rings is 1. The van der Waals surface area contributed by atoms with Crippen molar-refractivity contribution >= 4 is 5.91 Å². The van der Waals surface area contributed by atoms with Gasteiger partial charge >= 0.3 is 0 Å². The molecule has 0 aliphatic heterocycles. The van der Waals surface area contributed by atoms with Gasteiger partial charge in [-0.25, -0.2) is 4.39 Å². The molecule has 31 heavy (non-hydrogen) atoms. The molecule has 2 unspecified atom stereocenters. The van der Waals surface area contributed by atoms with Crippen molar-refractivity contribution in [1.29, 1.82) is 0 Å². The van der Waals surface area contributed by atoms with Crippen molar-refractivity contribution in [2.24, 2.45) is 11.8 Å². The van der Waals surface area contributed by atoms with Gasteiger partial charge in [0.2, 0.25) is 5.91 Å². The van der Waals surface area contributed by atoms with Gasteiger partial charge in [0.15, 0.2) is 0 Å². The predicted octanol–water partition coefficient (Wildman–Crippen LogP) is 6.44. The second kappa shape index (κ2) is 12.6. The summed E-state index contributed by atoms with van der Waals surface area (Å²) in [7, 11) is 0. The Kier molecular flexibility index (Phi) is 9.51. The number of unbranched alkanes of at least 4 members (excludes halogenated alkanes) is 1. The number of hydrogen-bond donors (Lipinski definition) is 1. The molecule has 1 aliphatic rings. The fourth-order valence-corrected chi connectivity index (χ4v) is 4.69. The van der Waals surface area contributed by atoms with Gasteiger partial charge in [-0.1, -0.05) is 31.5 Å². The van der Waals surface area contributed by atoms with Crippen LogP contribution >= 0.6 is 0 Å². The van der Waals surface area contributed by atoms with Crippen LogP contribution in [0.2, 0.25) is 0 Å². The molecule has 1 N–H and O–H groups in total. The van der Waals surface area contributed by atoms with Crippen molar-refractivity contribution < 1.29 is 9.18 Å². The van der Waals surface area contributed by atoms with Crippen molar-refractivity contribution in [1.82, 2.24) is 10.3 Å². The number of nitrogens with zero attached hydrogens (tertiary/aromatic N) is 1. The zero-order chi connectivity index (χ0) is 21.9. The van der Waals surface area contributed by atoms with Crippen LogP contribution in [0.4, 0.5) is 4.39 Å². The maximum Gasteiger partial charge on any atom is 0.219 e. The maximum absolute atomic E-state index is 13.6. The van der Waals surface area contributed by atoms with Crippen LogP contribution in [0.15, 0.2) is 48.8 Å². The number of hydrogen-bond acceptors (Lipinski definition) is 2. The second-order valence-corrected chi connectivity index (χ2v) is 9.09. The smallest absolute Gasteiger partial charge is 0.219 e. The van der Waals surface area contributed by atoms with E-state index < -0.39 is 0 Å². The van der Waals surface area contributed by atoms with Crippen LogP contribution in [0.5, 0.6) is 0 Å². The summed E-state index contributed by atoms with van der Waals surface area (Å²) in [6.45, 7) is 2.96. The van der Waals surface area contributed by atoms with E-state index in [2.05, 4.69) is 29.4 Å². The van der Waals surface area contributed by atoms with Crippen molar-refractivity contribution in [3.63, 3.8) is 0 Å². The van der Waals surface area contributed by atoms with E-state index in [4.69, 9.17) is 0 Å². The predicted molar refractivity (Wildman–Crippen MR) is 124 cm³/mol. The van der Waals surface area contributed by atoms with E-state index in [0.29, 0.717) is 12.3 Å². The molecule has 1 fully saturated rings. The number of aryl methyl sites for hydroxylation is 1. The molecule has 3 rings (SSSR count). The van der Waals surface area contributed by atoms with Crippen LogP contribution in [0.25, 0.3) is 0 Å². The summed E-state index contributed by atoms with van der Waals surface area (Å²) in [6.07, 6.45) is 14.2. The third kappa shape index (κ3) is 8.43.